The molecule has 0 spiro atoms. The van der Waals surface area contributed by atoms with E-state index in [-0.39, 0.29) is 0 Å². The van der Waals surface area contributed by atoms with E-state index in [1.807, 2.05) is 66.7 Å². The van der Waals surface area contributed by atoms with E-state index >= 15 is 0 Å². The Bertz CT molecular complexity index is 1220. The van der Waals surface area contributed by atoms with Gasteiger partial charge in [0, 0.05) is 11.1 Å². The molecular formula is C25H22N4O2. The summed E-state index contributed by atoms with van der Waals surface area (Å²) >= 11 is 0. The van der Waals surface area contributed by atoms with Crippen LogP contribution in [0, 0.1) is 0 Å². The van der Waals surface area contributed by atoms with Crippen molar-refractivity contribution < 1.29 is 9.47 Å². The van der Waals surface area contributed by atoms with Gasteiger partial charge in [0.05, 0.1) is 25.1 Å². The lowest BCUT2D eigenvalue weighted by Gasteiger charge is -2.15. The molecule has 0 radical (unpaired) electrons. The molecule has 4 aromatic rings. The number of fused-ring (bicyclic) bond motifs is 3. The minimum absolute atomic E-state index is 0.355. The molecule has 0 saturated heterocycles. The highest BCUT2D eigenvalue weighted by atomic mass is 16.5. The number of aliphatic imine (C=N–C) groups is 1. The van der Waals surface area contributed by atoms with Crippen LogP contribution in [0.2, 0.25) is 0 Å². The average Bonchev–Trinajstić information content (AvgIpc) is 3.15. The van der Waals surface area contributed by atoms with Crippen molar-refractivity contribution in [3.8, 4) is 11.4 Å². The van der Waals surface area contributed by atoms with Crippen LogP contribution in [-0.2, 0) is 24.5 Å². The summed E-state index contributed by atoms with van der Waals surface area (Å²) < 4.78 is 13.5. The zero-order valence-electron chi connectivity index (χ0n) is 17.2. The lowest BCUT2D eigenvalue weighted by molar-refractivity contribution is 0.100. The summed E-state index contributed by atoms with van der Waals surface area (Å²) in [7, 11) is 1.67. The molecule has 3 aromatic carbocycles. The summed E-state index contributed by atoms with van der Waals surface area (Å²) in [4.78, 5) is 4.89. The third-order valence-electron chi connectivity index (χ3n) is 5.27. The van der Waals surface area contributed by atoms with Gasteiger partial charge in [0.1, 0.15) is 18.9 Å². The van der Waals surface area contributed by atoms with Crippen LogP contribution in [0.1, 0.15) is 28.3 Å². The maximum atomic E-state index is 5.96. The van der Waals surface area contributed by atoms with Crippen molar-refractivity contribution in [1.82, 2.24) is 14.8 Å². The number of benzene rings is 3. The topological polar surface area (TPSA) is 61.5 Å². The second-order valence-corrected chi connectivity index (χ2v) is 7.26. The number of methoxy groups -OCH3 is 1. The van der Waals surface area contributed by atoms with Crippen LogP contribution in [-0.4, -0.2) is 27.6 Å². The molecule has 154 valence electrons. The van der Waals surface area contributed by atoms with Crippen molar-refractivity contribution in [3.05, 3.63) is 107 Å². The van der Waals surface area contributed by atoms with Gasteiger partial charge in [-0.05, 0) is 23.8 Å². The summed E-state index contributed by atoms with van der Waals surface area (Å²) in [5.41, 5.74) is 5.04. The fourth-order valence-corrected chi connectivity index (χ4v) is 3.77. The van der Waals surface area contributed by atoms with E-state index in [9.17, 15) is 0 Å². The van der Waals surface area contributed by atoms with E-state index in [0.717, 1.165) is 45.5 Å². The lowest BCUT2D eigenvalue weighted by Crippen LogP contribution is -2.10. The third-order valence-corrected chi connectivity index (χ3v) is 5.27. The van der Waals surface area contributed by atoms with Crippen molar-refractivity contribution in [1.29, 1.82) is 0 Å². The highest BCUT2D eigenvalue weighted by Crippen LogP contribution is 2.29. The quantitative estimate of drug-likeness (QED) is 0.474. The summed E-state index contributed by atoms with van der Waals surface area (Å²) in [5.74, 6) is 2.32. The summed E-state index contributed by atoms with van der Waals surface area (Å²) in [6, 6.07) is 26.3. The van der Waals surface area contributed by atoms with Gasteiger partial charge in [-0.15, -0.1) is 10.2 Å². The zero-order valence-corrected chi connectivity index (χ0v) is 17.2. The van der Waals surface area contributed by atoms with E-state index < -0.39 is 0 Å². The number of rotatable bonds is 6. The molecule has 0 atom stereocenters. The zero-order chi connectivity index (χ0) is 21.0. The molecule has 0 bridgehead atoms. The van der Waals surface area contributed by atoms with E-state index in [1.165, 1.54) is 0 Å². The fourth-order valence-electron chi connectivity index (χ4n) is 3.77. The van der Waals surface area contributed by atoms with Crippen LogP contribution < -0.4 is 4.74 Å². The van der Waals surface area contributed by atoms with E-state index in [0.29, 0.717) is 19.8 Å². The predicted octanol–water partition coefficient (Wildman–Crippen LogP) is 4.34. The predicted molar refractivity (Wildman–Crippen MR) is 119 cm³/mol. The van der Waals surface area contributed by atoms with Crippen LogP contribution in [0.3, 0.4) is 0 Å². The van der Waals surface area contributed by atoms with Gasteiger partial charge in [-0.3, -0.25) is 9.56 Å². The minimum atomic E-state index is 0.355. The first kappa shape index (κ1) is 19.2. The molecule has 0 fully saturated rings. The van der Waals surface area contributed by atoms with Crippen LogP contribution in [0.4, 0.5) is 0 Å². The molecule has 1 aliphatic heterocycles. The Balaban J connectivity index is 1.52. The molecule has 0 amide bonds. The van der Waals surface area contributed by atoms with Crippen LogP contribution >= 0.6 is 0 Å². The van der Waals surface area contributed by atoms with Gasteiger partial charge >= 0.3 is 0 Å². The number of nitrogens with zero attached hydrogens (tertiary/aromatic N) is 4. The normalized spacial score (nSPS) is 12.5. The minimum Gasteiger partial charge on any atom is -0.497 e. The molecule has 5 rings (SSSR count). The summed E-state index contributed by atoms with van der Waals surface area (Å²) in [6.07, 6.45) is 0. The first-order valence-electron chi connectivity index (χ1n) is 10.2. The second-order valence-electron chi connectivity index (χ2n) is 7.26. The maximum absolute atomic E-state index is 5.96. The van der Waals surface area contributed by atoms with Crippen molar-refractivity contribution >= 4 is 5.71 Å². The second kappa shape index (κ2) is 8.53. The Morgan fingerprint density at radius 1 is 0.871 bits per heavy atom. The van der Waals surface area contributed by atoms with Crippen LogP contribution in [0.15, 0.2) is 83.9 Å². The molecule has 6 heteroatoms. The van der Waals surface area contributed by atoms with Crippen molar-refractivity contribution in [2.24, 2.45) is 4.99 Å². The smallest absolute Gasteiger partial charge is 0.163 e. The van der Waals surface area contributed by atoms with Crippen LogP contribution in [0.5, 0.6) is 5.75 Å². The number of ether oxygens (including phenoxy) is 2. The molecule has 1 aromatic heterocycles. The molecule has 2 heterocycles. The highest BCUT2D eigenvalue weighted by molar-refractivity contribution is 6.15. The van der Waals surface area contributed by atoms with Crippen molar-refractivity contribution in [3.63, 3.8) is 0 Å². The van der Waals surface area contributed by atoms with Gasteiger partial charge < -0.3 is 9.47 Å². The van der Waals surface area contributed by atoms with Gasteiger partial charge in [-0.1, -0.05) is 60.7 Å². The van der Waals surface area contributed by atoms with E-state index in [4.69, 9.17) is 14.5 Å². The molecule has 0 N–H and O–H groups in total. The molecule has 0 unspecified atom stereocenters. The molecule has 1 aliphatic rings. The summed E-state index contributed by atoms with van der Waals surface area (Å²) in [5, 5.41) is 8.80. The molecular weight excluding hydrogens is 388 g/mol. The van der Waals surface area contributed by atoms with Gasteiger partial charge in [0.2, 0.25) is 0 Å². The third kappa shape index (κ3) is 3.85. The number of hydrogen-bond acceptors (Lipinski definition) is 5. The monoisotopic (exact) mass is 410 g/mol. The Kier molecular flexibility index (Phi) is 5.29. The standard InChI is InChI=1S/C25H22N4O2/c1-30-20-12-13-22-21(14-20)25(19-10-6-3-7-11-19)26-15-23-27-28-24(29(22)23)17-31-16-18-8-4-2-5-9-18/h2-14H,15-17H2,1H3. The lowest BCUT2D eigenvalue weighted by atomic mass is 10.00. The van der Waals surface area contributed by atoms with Crippen LogP contribution in [0.25, 0.3) is 5.69 Å². The first-order valence-corrected chi connectivity index (χ1v) is 10.2. The Morgan fingerprint density at radius 2 is 1.65 bits per heavy atom. The van der Waals surface area contributed by atoms with E-state index in [1.54, 1.807) is 7.11 Å². The highest BCUT2D eigenvalue weighted by Gasteiger charge is 2.23. The number of hydrogen-bond donors (Lipinski definition) is 0. The molecule has 31 heavy (non-hydrogen) atoms. The molecule has 0 saturated carbocycles. The Hall–Kier alpha value is -3.77. The SMILES string of the molecule is COc1ccc2c(c1)C(c1ccccc1)=NCc1nnc(COCc3ccccc3)n1-2. The van der Waals surface area contributed by atoms with E-state index in [2.05, 4.69) is 26.9 Å². The fraction of sp³-hybridized carbons (Fsp3) is 0.160. The van der Waals surface area contributed by atoms with Crippen molar-refractivity contribution in [2.45, 2.75) is 19.8 Å². The summed E-state index contributed by atoms with van der Waals surface area (Å²) in [6.45, 7) is 1.31. The largest absolute Gasteiger partial charge is 0.497 e. The van der Waals surface area contributed by atoms with Crippen molar-refractivity contribution in [2.75, 3.05) is 7.11 Å². The Morgan fingerprint density at radius 3 is 2.42 bits per heavy atom. The van der Waals surface area contributed by atoms with Gasteiger partial charge in [-0.2, -0.15) is 0 Å². The van der Waals surface area contributed by atoms with Gasteiger partial charge in [0.15, 0.2) is 11.6 Å². The first-order chi connectivity index (χ1) is 15.3. The Labute approximate surface area is 180 Å². The maximum Gasteiger partial charge on any atom is 0.163 e. The number of aromatic nitrogens is 3. The van der Waals surface area contributed by atoms with Gasteiger partial charge in [0.25, 0.3) is 0 Å². The molecule has 6 nitrogen and oxygen atoms in total. The average molecular weight is 410 g/mol. The molecule has 0 aliphatic carbocycles. The van der Waals surface area contributed by atoms with Gasteiger partial charge in [-0.25, -0.2) is 0 Å².